The van der Waals surface area contributed by atoms with E-state index in [0.717, 1.165) is 25.1 Å². The molecular formula is C17H22N6O2. The summed E-state index contributed by atoms with van der Waals surface area (Å²) in [4.78, 5) is 23.1. The van der Waals surface area contributed by atoms with E-state index in [1.165, 1.54) is 6.42 Å². The van der Waals surface area contributed by atoms with Crippen LogP contribution in [0.15, 0.2) is 30.5 Å². The van der Waals surface area contributed by atoms with Gasteiger partial charge in [0.1, 0.15) is 0 Å². The minimum Gasteiger partial charge on any atom is -0.370 e. The summed E-state index contributed by atoms with van der Waals surface area (Å²) in [5.74, 6) is -0.621. The number of carbonyl (C=O) groups excluding carboxylic acids is 2. The Balaban J connectivity index is 1.54. The van der Waals surface area contributed by atoms with Crippen LogP contribution in [0.5, 0.6) is 0 Å². The van der Waals surface area contributed by atoms with Gasteiger partial charge in [-0.2, -0.15) is 0 Å². The Kier molecular flexibility index (Phi) is 5.39. The quantitative estimate of drug-likeness (QED) is 0.685. The monoisotopic (exact) mass is 342 g/mol. The summed E-state index contributed by atoms with van der Waals surface area (Å²) in [7, 11) is 0. The Morgan fingerprint density at radius 1 is 1.32 bits per heavy atom. The van der Waals surface area contributed by atoms with Crippen LogP contribution >= 0.6 is 0 Å². The third kappa shape index (κ3) is 4.87. The molecule has 1 aliphatic rings. The topological polar surface area (TPSA) is 115 Å². The Morgan fingerprint density at radius 2 is 2.12 bits per heavy atom. The molecule has 1 aromatic heterocycles. The maximum absolute atomic E-state index is 12.3. The molecule has 2 heterocycles. The molecule has 3 rings (SSSR count). The third-order valence-electron chi connectivity index (χ3n) is 4.21. The number of nitrogens with two attached hydrogens (primary N) is 1. The second kappa shape index (κ2) is 7.89. The first kappa shape index (κ1) is 17.1. The molecule has 2 aromatic rings. The zero-order valence-electron chi connectivity index (χ0n) is 13.9. The molecule has 0 saturated carbocycles. The number of aryl methyl sites for hydroxylation is 1. The number of rotatable bonds is 7. The van der Waals surface area contributed by atoms with Gasteiger partial charge in [0.15, 0.2) is 5.69 Å². The first-order chi connectivity index (χ1) is 12.1. The summed E-state index contributed by atoms with van der Waals surface area (Å²) in [6, 6.07) is 7.70. The van der Waals surface area contributed by atoms with Crippen molar-refractivity contribution in [3.8, 4) is 0 Å². The van der Waals surface area contributed by atoms with E-state index in [0.29, 0.717) is 24.6 Å². The highest BCUT2D eigenvalue weighted by Gasteiger charge is 2.17. The van der Waals surface area contributed by atoms with Crippen LogP contribution in [0.3, 0.4) is 0 Å². The molecule has 1 aromatic carbocycles. The minimum atomic E-state index is -0.326. The normalized spacial score (nSPS) is 16.7. The van der Waals surface area contributed by atoms with Crippen LogP contribution in [0.4, 0.5) is 5.69 Å². The highest BCUT2D eigenvalue weighted by molar-refractivity contribution is 6.02. The molecule has 1 aliphatic heterocycles. The zero-order chi connectivity index (χ0) is 17.6. The number of nitrogens with one attached hydrogen (secondary N) is 2. The number of nitrogens with zero attached hydrogens (tertiary/aromatic N) is 3. The molecule has 1 saturated heterocycles. The van der Waals surface area contributed by atoms with Crippen molar-refractivity contribution >= 4 is 17.5 Å². The molecule has 0 aliphatic carbocycles. The number of hydrogen-bond donors (Lipinski definition) is 3. The highest BCUT2D eigenvalue weighted by atomic mass is 16.2. The van der Waals surface area contributed by atoms with Gasteiger partial charge >= 0.3 is 0 Å². The van der Waals surface area contributed by atoms with E-state index in [4.69, 9.17) is 5.73 Å². The van der Waals surface area contributed by atoms with E-state index in [9.17, 15) is 9.59 Å². The number of hydrogen-bond acceptors (Lipinski definition) is 5. The lowest BCUT2D eigenvalue weighted by Crippen LogP contribution is -2.26. The van der Waals surface area contributed by atoms with Crippen LogP contribution in [0.25, 0.3) is 0 Å². The van der Waals surface area contributed by atoms with E-state index in [1.54, 1.807) is 23.0 Å². The highest BCUT2D eigenvalue weighted by Crippen LogP contribution is 2.12. The van der Waals surface area contributed by atoms with E-state index in [1.807, 2.05) is 12.1 Å². The van der Waals surface area contributed by atoms with Gasteiger partial charge in [0.2, 0.25) is 5.91 Å². The Morgan fingerprint density at radius 3 is 2.80 bits per heavy atom. The number of aromatic nitrogens is 3. The summed E-state index contributed by atoms with van der Waals surface area (Å²) in [5.41, 5.74) is 7.09. The Bertz CT molecular complexity index is 734. The predicted molar refractivity (Wildman–Crippen MR) is 93.0 cm³/mol. The third-order valence-corrected chi connectivity index (χ3v) is 4.21. The lowest BCUT2D eigenvalue weighted by Gasteiger charge is -2.08. The number of primary amides is 1. The average Bonchev–Trinajstić information content (AvgIpc) is 3.26. The van der Waals surface area contributed by atoms with Crippen molar-refractivity contribution in [2.24, 2.45) is 5.73 Å². The van der Waals surface area contributed by atoms with Crippen molar-refractivity contribution in [2.75, 3.05) is 11.9 Å². The molecule has 1 fully saturated rings. The molecule has 2 amide bonds. The van der Waals surface area contributed by atoms with E-state index in [2.05, 4.69) is 20.9 Å². The first-order valence-electron chi connectivity index (χ1n) is 8.42. The molecule has 0 bridgehead atoms. The minimum absolute atomic E-state index is 0.288. The van der Waals surface area contributed by atoms with Gasteiger partial charge in [0, 0.05) is 18.2 Å². The first-order valence-corrected chi connectivity index (χ1v) is 8.42. The lowest BCUT2D eigenvalue weighted by atomic mass is 10.1. The van der Waals surface area contributed by atoms with Gasteiger partial charge in [-0.3, -0.25) is 14.3 Å². The molecule has 4 N–H and O–H groups in total. The van der Waals surface area contributed by atoms with Crippen molar-refractivity contribution in [3.63, 3.8) is 0 Å². The van der Waals surface area contributed by atoms with Gasteiger partial charge in [-0.25, -0.2) is 0 Å². The molecule has 0 spiro atoms. The van der Waals surface area contributed by atoms with E-state index < -0.39 is 0 Å². The van der Waals surface area contributed by atoms with Gasteiger partial charge in [0.25, 0.3) is 5.91 Å². The second-order valence-electron chi connectivity index (χ2n) is 6.24. The van der Waals surface area contributed by atoms with Crippen LogP contribution in [0.1, 0.15) is 35.3 Å². The smallest absolute Gasteiger partial charge is 0.277 e. The maximum Gasteiger partial charge on any atom is 0.277 e. The summed E-state index contributed by atoms with van der Waals surface area (Å²) >= 11 is 0. The van der Waals surface area contributed by atoms with Crippen LogP contribution < -0.4 is 16.4 Å². The van der Waals surface area contributed by atoms with Crippen molar-refractivity contribution in [1.29, 1.82) is 0 Å². The fourth-order valence-corrected chi connectivity index (χ4v) is 2.85. The van der Waals surface area contributed by atoms with Crippen molar-refractivity contribution in [1.82, 2.24) is 20.3 Å². The van der Waals surface area contributed by atoms with Gasteiger partial charge < -0.3 is 16.4 Å². The maximum atomic E-state index is 12.3. The molecular weight excluding hydrogens is 320 g/mol. The van der Waals surface area contributed by atoms with Crippen LogP contribution in [-0.2, 0) is 17.8 Å². The lowest BCUT2D eigenvalue weighted by molar-refractivity contribution is -0.117. The molecule has 1 atom stereocenters. The van der Waals surface area contributed by atoms with E-state index in [-0.39, 0.29) is 17.5 Å². The Labute approximate surface area is 145 Å². The van der Waals surface area contributed by atoms with Crippen molar-refractivity contribution < 1.29 is 9.59 Å². The van der Waals surface area contributed by atoms with E-state index >= 15 is 0 Å². The van der Waals surface area contributed by atoms with Crippen molar-refractivity contribution in [2.45, 2.75) is 38.3 Å². The summed E-state index contributed by atoms with van der Waals surface area (Å²) < 4.78 is 1.70. The largest absolute Gasteiger partial charge is 0.370 e. The molecule has 8 heteroatoms. The summed E-state index contributed by atoms with van der Waals surface area (Å²) in [5, 5.41) is 14.1. The average molecular weight is 342 g/mol. The fourth-order valence-electron chi connectivity index (χ4n) is 2.85. The Hall–Kier alpha value is -2.74. The fraction of sp³-hybridized carbons (Fsp3) is 0.412. The predicted octanol–water partition coefficient (Wildman–Crippen LogP) is 0.700. The van der Waals surface area contributed by atoms with Gasteiger partial charge in [0.05, 0.1) is 12.7 Å². The number of anilines is 1. The molecule has 8 nitrogen and oxygen atoms in total. The number of amides is 2. The SMILES string of the molecule is NC(=O)CCc1ccc(NC(=O)c2cn(CC3CCCN3)nn2)cc1. The van der Waals surface area contributed by atoms with Crippen molar-refractivity contribution in [3.05, 3.63) is 41.7 Å². The molecule has 0 radical (unpaired) electrons. The molecule has 25 heavy (non-hydrogen) atoms. The second-order valence-corrected chi connectivity index (χ2v) is 6.24. The van der Waals surface area contributed by atoms with Crippen LogP contribution in [0.2, 0.25) is 0 Å². The summed E-state index contributed by atoms with van der Waals surface area (Å²) in [6.07, 6.45) is 4.85. The number of carbonyl (C=O) groups is 2. The molecule has 1 unspecified atom stereocenters. The van der Waals surface area contributed by atoms with Crippen LogP contribution in [-0.4, -0.2) is 39.4 Å². The number of benzene rings is 1. The summed E-state index contributed by atoms with van der Waals surface area (Å²) in [6.45, 7) is 1.75. The van der Waals surface area contributed by atoms with Gasteiger partial charge in [-0.15, -0.1) is 5.10 Å². The van der Waals surface area contributed by atoms with Gasteiger partial charge in [-0.05, 0) is 43.5 Å². The van der Waals surface area contributed by atoms with Crippen LogP contribution in [0, 0.1) is 0 Å². The zero-order valence-corrected chi connectivity index (χ0v) is 13.9. The molecule has 132 valence electrons. The van der Waals surface area contributed by atoms with Gasteiger partial charge in [-0.1, -0.05) is 17.3 Å². The standard InChI is InChI=1S/C17H22N6O2/c18-16(24)8-5-12-3-6-13(7-4-12)20-17(25)15-11-23(22-21-15)10-14-2-1-9-19-14/h3-4,6-7,11,14,19H,1-2,5,8-10H2,(H2,18,24)(H,20,25).